The molecule has 2 aromatic carbocycles. The number of carbonyl (C=O) groups is 1. The Bertz CT molecular complexity index is 922. The second-order valence-corrected chi connectivity index (χ2v) is 9.60. The molecule has 1 amide bonds. The van der Waals surface area contributed by atoms with E-state index in [9.17, 15) is 14.9 Å². The lowest BCUT2D eigenvalue weighted by atomic mass is 10.3. The molecule has 0 aliphatic rings. The third-order valence-corrected chi connectivity index (χ3v) is 7.56. The molecule has 184 valence electrons. The van der Waals surface area contributed by atoms with E-state index < -0.39 is 19.8 Å². The van der Waals surface area contributed by atoms with Crippen LogP contribution in [-0.4, -0.2) is 46.2 Å². The molecule has 0 bridgehead atoms. The third-order valence-electron chi connectivity index (χ3n) is 4.41. The molecular formula is C22H30N4O7Si. The van der Waals surface area contributed by atoms with Crippen LogP contribution in [0.4, 0.5) is 21.9 Å². The summed E-state index contributed by atoms with van der Waals surface area (Å²) in [5.41, 5.74) is 1.00. The molecule has 12 heteroatoms. The number of rotatable bonds is 14. The molecule has 1 N–H and O–H groups in total. The zero-order chi connectivity index (χ0) is 24.8. The van der Waals surface area contributed by atoms with E-state index >= 15 is 0 Å². The molecule has 11 nitrogen and oxygen atoms in total. The van der Waals surface area contributed by atoms with Gasteiger partial charge in [-0.1, -0.05) is 0 Å². The van der Waals surface area contributed by atoms with Gasteiger partial charge in [-0.3, -0.25) is 10.1 Å². The molecule has 2 aromatic rings. The Balaban J connectivity index is 1.80. The van der Waals surface area contributed by atoms with Gasteiger partial charge in [-0.25, -0.2) is 4.79 Å². The Kier molecular flexibility index (Phi) is 11.3. The van der Waals surface area contributed by atoms with Crippen LogP contribution in [0.5, 0.6) is 5.75 Å². The number of ether oxygens (including phenoxy) is 1. The number of nitrogens with one attached hydrogen (secondary N) is 1. The van der Waals surface area contributed by atoms with E-state index in [-0.39, 0.29) is 5.69 Å². The second-order valence-electron chi connectivity index (χ2n) is 6.87. The Morgan fingerprint density at radius 1 is 0.912 bits per heavy atom. The maximum atomic E-state index is 12.1. The van der Waals surface area contributed by atoms with Crippen LogP contribution in [0.1, 0.15) is 27.2 Å². The highest BCUT2D eigenvalue weighted by atomic mass is 28.4. The fourth-order valence-electron chi connectivity index (χ4n) is 2.98. The van der Waals surface area contributed by atoms with Crippen molar-refractivity contribution in [1.82, 2.24) is 5.32 Å². The number of azo groups is 1. The van der Waals surface area contributed by atoms with Crippen molar-refractivity contribution in [2.75, 3.05) is 26.4 Å². The van der Waals surface area contributed by atoms with Crippen molar-refractivity contribution in [3.8, 4) is 5.75 Å². The quantitative estimate of drug-likeness (QED) is 0.121. The number of amides is 1. The summed E-state index contributed by atoms with van der Waals surface area (Å²) in [5, 5.41) is 21.5. The summed E-state index contributed by atoms with van der Waals surface area (Å²) in [4.78, 5) is 22.3. The van der Waals surface area contributed by atoms with Crippen molar-refractivity contribution in [3.63, 3.8) is 0 Å². The summed E-state index contributed by atoms with van der Waals surface area (Å²) in [6.45, 7) is 7.61. The number of benzene rings is 2. The predicted octanol–water partition coefficient (Wildman–Crippen LogP) is 5.54. The summed E-state index contributed by atoms with van der Waals surface area (Å²) >= 11 is 0. The Hall–Kier alpha value is -3.19. The lowest BCUT2D eigenvalue weighted by Gasteiger charge is -2.28. The zero-order valence-corrected chi connectivity index (χ0v) is 20.6. The maximum absolute atomic E-state index is 12.1. The van der Waals surface area contributed by atoms with Crippen LogP contribution >= 0.6 is 0 Å². The zero-order valence-electron chi connectivity index (χ0n) is 19.6. The molecule has 0 heterocycles. The third kappa shape index (κ3) is 8.98. The summed E-state index contributed by atoms with van der Waals surface area (Å²) in [5.74, 6) is 0.355. The van der Waals surface area contributed by atoms with Gasteiger partial charge < -0.3 is 23.3 Å². The molecule has 0 unspecified atom stereocenters. The van der Waals surface area contributed by atoms with Gasteiger partial charge in [0.05, 0.1) is 16.3 Å². The number of hydrogen-bond acceptors (Lipinski definition) is 9. The largest absolute Gasteiger partial charge is 0.500 e. The molecule has 0 aromatic heterocycles. The summed E-state index contributed by atoms with van der Waals surface area (Å²) in [7, 11) is -2.73. The first kappa shape index (κ1) is 27.1. The lowest BCUT2D eigenvalue weighted by molar-refractivity contribution is -0.384. The Morgan fingerprint density at radius 2 is 1.41 bits per heavy atom. The molecule has 0 aliphatic heterocycles. The number of nitro groups is 1. The van der Waals surface area contributed by atoms with E-state index in [2.05, 4.69) is 15.5 Å². The maximum Gasteiger partial charge on any atom is 0.500 e. The van der Waals surface area contributed by atoms with Crippen molar-refractivity contribution in [1.29, 1.82) is 0 Å². The average Bonchev–Trinajstić information content (AvgIpc) is 2.82. The summed E-state index contributed by atoms with van der Waals surface area (Å²) < 4.78 is 22.7. The minimum Gasteiger partial charge on any atom is -0.410 e. The fourth-order valence-corrected chi connectivity index (χ4v) is 5.59. The van der Waals surface area contributed by atoms with Gasteiger partial charge in [-0.05, 0) is 63.6 Å². The monoisotopic (exact) mass is 490 g/mol. The standard InChI is InChI=1S/C22H30N4O7Si/c1-4-30-34(31-5-2,32-6-3)17-7-16-23-22(27)33-21-14-10-19(11-15-21)25-24-18-8-12-20(13-9-18)26(28)29/h8-15H,4-7,16-17H2,1-3H3,(H,23,27). The van der Waals surface area contributed by atoms with Gasteiger partial charge in [-0.2, -0.15) is 10.2 Å². The average molecular weight is 491 g/mol. The number of nitro benzene ring substituents is 1. The lowest BCUT2D eigenvalue weighted by Crippen LogP contribution is -2.46. The highest BCUT2D eigenvalue weighted by molar-refractivity contribution is 6.60. The van der Waals surface area contributed by atoms with Crippen LogP contribution in [0, 0.1) is 10.1 Å². The highest BCUT2D eigenvalue weighted by Gasteiger charge is 2.39. The van der Waals surface area contributed by atoms with Crippen LogP contribution in [0.15, 0.2) is 58.8 Å². The number of carbonyl (C=O) groups excluding carboxylic acids is 1. The van der Waals surface area contributed by atoms with E-state index in [1.165, 1.54) is 24.3 Å². The smallest absolute Gasteiger partial charge is 0.410 e. The van der Waals surface area contributed by atoms with Crippen LogP contribution in [-0.2, 0) is 13.3 Å². The summed E-state index contributed by atoms with van der Waals surface area (Å²) in [6, 6.07) is 12.8. The van der Waals surface area contributed by atoms with Crippen molar-refractivity contribution >= 4 is 32.0 Å². The molecule has 0 radical (unpaired) electrons. The van der Waals surface area contributed by atoms with E-state index in [0.717, 1.165) is 0 Å². The van der Waals surface area contributed by atoms with E-state index in [1.54, 1.807) is 24.3 Å². The van der Waals surface area contributed by atoms with Gasteiger partial charge in [0.1, 0.15) is 5.75 Å². The van der Waals surface area contributed by atoms with Crippen molar-refractivity contribution < 1.29 is 27.7 Å². The van der Waals surface area contributed by atoms with Crippen molar-refractivity contribution in [2.45, 2.75) is 33.2 Å². The first-order valence-corrected chi connectivity index (χ1v) is 13.0. The van der Waals surface area contributed by atoms with E-state index in [1.807, 2.05) is 20.8 Å². The van der Waals surface area contributed by atoms with Gasteiger partial charge in [0.15, 0.2) is 0 Å². The molecule has 2 rings (SSSR count). The van der Waals surface area contributed by atoms with Crippen LogP contribution in [0.25, 0.3) is 0 Å². The molecule has 0 fully saturated rings. The highest BCUT2D eigenvalue weighted by Crippen LogP contribution is 2.23. The number of nitrogens with zero attached hydrogens (tertiary/aromatic N) is 3. The van der Waals surface area contributed by atoms with Crippen LogP contribution in [0.2, 0.25) is 6.04 Å². The van der Waals surface area contributed by atoms with Gasteiger partial charge in [0.25, 0.3) is 5.69 Å². The number of non-ortho nitro benzene ring substituents is 1. The first-order chi connectivity index (χ1) is 16.4. The minimum atomic E-state index is -2.73. The van der Waals surface area contributed by atoms with Crippen LogP contribution < -0.4 is 10.1 Å². The molecular weight excluding hydrogens is 460 g/mol. The molecule has 0 saturated heterocycles. The first-order valence-electron chi connectivity index (χ1n) is 11.0. The molecule has 34 heavy (non-hydrogen) atoms. The van der Waals surface area contributed by atoms with Gasteiger partial charge in [0, 0.05) is 44.5 Å². The minimum absolute atomic E-state index is 0.0157. The predicted molar refractivity (Wildman–Crippen MR) is 128 cm³/mol. The second kappa shape index (κ2) is 14.2. The SMILES string of the molecule is CCO[Si](CCCNC(=O)Oc1ccc(N=Nc2ccc([N+](=O)[O-])cc2)cc1)(OCC)OCC. The van der Waals surface area contributed by atoms with E-state index in [0.29, 0.717) is 56.0 Å². The Labute approximate surface area is 199 Å². The summed E-state index contributed by atoms with van der Waals surface area (Å²) in [6.07, 6.45) is 0.0558. The molecule has 0 saturated carbocycles. The molecule has 0 aliphatic carbocycles. The Morgan fingerprint density at radius 3 is 1.88 bits per heavy atom. The van der Waals surface area contributed by atoms with Crippen molar-refractivity contribution in [2.24, 2.45) is 10.2 Å². The van der Waals surface area contributed by atoms with Crippen molar-refractivity contribution in [3.05, 3.63) is 58.6 Å². The number of hydrogen-bond donors (Lipinski definition) is 1. The van der Waals surface area contributed by atoms with Crippen LogP contribution in [0.3, 0.4) is 0 Å². The normalized spacial score (nSPS) is 11.5. The van der Waals surface area contributed by atoms with Gasteiger partial charge in [0.2, 0.25) is 0 Å². The fraction of sp³-hybridized carbons (Fsp3) is 0.409. The van der Waals surface area contributed by atoms with E-state index in [4.69, 9.17) is 18.0 Å². The molecule has 0 spiro atoms. The van der Waals surface area contributed by atoms with Gasteiger partial charge in [-0.15, -0.1) is 0 Å². The van der Waals surface area contributed by atoms with Gasteiger partial charge >= 0.3 is 14.9 Å². The topological polar surface area (TPSA) is 134 Å². The molecule has 0 atom stereocenters.